The normalized spacial score (nSPS) is 12.4. The van der Waals surface area contributed by atoms with Crippen LogP contribution in [0, 0.1) is 13.8 Å². The first-order valence-corrected chi connectivity index (χ1v) is 6.83. The van der Waals surface area contributed by atoms with Gasteiger partial charge in [0.1, 0.15) is 0 Å². The summed E-state index contributed by atoms with van der Waals surface area (Å²) in [6.07, 6.45) is 5.89. The van der Waals surface area contributed by atoms with Crippen LogP contribution in [0.2, 0.25) is 0 Å². The van der Waals surface area contributed by atoms with Crippen LogP contribution in [0.25, 0.3) is 0 Å². The minimum atomic E-state index is 0.409. The standard InChI is InChI=1S/C17H22N2/c1-13-10-14(2)12-16(11-13)17(18-3)5-4-15-6-8-19-9-7-15/h6-12,17-18H,4-5H2,1-3H3. The fraction of sp³-hybridized carbons (Fsp3) is 0.353. The molecular formula is C17H22N2. The summed E-state index contributed by atoms with van der Waals surface area (Å²) in [5, 5.41) is 3.43. The first kappa shape index (κ1) is 13.8. The molecule has 100 valence electrons. The molecular weight excluding hydrogens is 232 g/mol. The SMILES string of the molecule is CNC(CCc1ccncc1)c1cc(C)cc(C)c1. The minimum absolute atomic E-state index is 0.409. The number of benzene rings is 1. The molecule has 19 heavy (non-hydrogen) atoms. The smallest absolute Gasteiger partial charge is 0.0320 e. The summed E-state index contributed by atoms with van der Waals surface area (Å²) in [6, 6.07) is 11.4. The number of nitrogens with one attached hydrogen (secondary N) is 1. The number of nitrogens with zero attached hydrogens (tertiary/aromatic N) is 1. The van der Waals surface area contributed by atoms with Gasteiger partial charge in [-0.3, -0.25) is 4.98 Å². The van der Waals surface area contributed by atoms with Crippen molar-refractivity contribution < 1.29 is 0 Å². The van der Waals surface area contributed by atoms with Gasteiger partial charge >= 0.3 is 0 Å². The van der Waals surface area contributed by atoms with Crippen molar-refractivity contribution in [1.82, 2.24) is 10.3 Å². The fourth-order valence-corrected chi connectivity index (χ4v) is 2.55. The van der Waals surface area contributed by atoms with Crippen molar-refractivity contribution in [3.05, 3.63) is 65.0 Å². The van der Waals surface area contributed by atoms with Crippen molar-refractivity contribution in [3.8, 4) is 0 Å². The van der Waals surface area contributed by atoms with E-state index in [9.17, 15) is 0 Å². The van der Waals surface area contributed by atoms with Crippen LogP contribution in [0.5, 0.6) is 0 Å². The van der Waals surface area contributed by atoms with Crippen LogP contribution >= 0.6 is 0 Å². The molecule has 0 amide bonds. The molecule has 0 aliphatic carbocycles. The van der Waals surface area contributed by atoms with E-state index in [1.165, 1.54) is 22.3 Å². The van der Waals surface area contributed by atoms with Crippen molar-refractivity contribution >= 4 is 0 Å². The van der Waals surface area contributed by atoms with Gasteiger partial charge in [0.05, 0.1) is 0 Å². The summed E-state index contributed by atoms with van der Waals surface area (Å²) < 4.78 is 0. The highest BCUT2D eigenvalue weighted by Crippen LogP contribution is 2.21. The Kier molecular flexibility index (Phi) is 4.69. The lowest BCUT2D eigenvalue weighted by molar-refractivity contribution is 0.548. The zero-order chi connectivity index (χ0) is 13.7. The molecule has 0 saturated heterocycles. The summed E-state index contributed by atoms with van der Waals surface area (Å²) in [4.78, 5) is 4.06. The number of aromatic nitrogens is 1. The van der Waals surface area contributed by atoms with E-state index in [0.717, 1.165) is 12.8 Å². The molecule has 1 aromatic carbocycles. The number of hydrogen-bond acceptors (Lipinski definition) is 2. The average Bonchev–Trinajstić information content (AvgIpc) is 2.39. The maximum absolute atomic E-state index is 4.06. The van der Waals surface area contributed by atoms with Crippen LogP contribution in [-0.2, 0) is 6.42 Å². The molecule has 0 aliphatic rings. The van der Waals surface area contributed by atoms with Gasteiger partial charge in [-0.25, -0.2) is 0 Å². The van der Waals surface area contributed by atoms with Crippen molar-refractivity contribution in [3.63, 3.8) is 0 Å². The fourth-order valence-electron chi connectivity index (χ4n) is 2.55. The summed E-state index contributed by atoms with van der Waals surface area (Å²) in [7, 11) is 2.04. The second-order valence-corrected chi connectivity index (χ2v) is 5.16. The Bertz CT molecular complexity index is 500. The van der Waals surface area contributed by atoms with Crippen molar-refractivity contribution in [2.75, 3.05) is 7.05 Å². The van der Waals surface area contributed by atoms with Gasteiger partial charge in [-0.1, -0.05) is 29.3 Å². The van der Waals surface area contributed by atoms with E-state index < -0.39 is 0 Å². The Labute approximate surface area is 115 Å². The zero-order valence-electron chi connectivity index (χ0n) is 12.0. The lowest BCUT2D eigenvalue weighted by Gasteiger charge is -2.18. The quantitative estimate of drug-likeness (QED) is 0.882. The van der Waals surface area contributed by atoms with E-state index in [1.54, 1.807) is 0 Å². The molecule has 1 N–H and O–H groups in total. The molecule has 1 unspecified atom stereocenters. The Morgan fingerprint density at radius 1 is 1.05 bits per heavy atom. The third-order valence-electron chi connectivity index (χ3n) is 3.47. The zero-order valence-corrected chi connectivity index (χ0v) is 12.0. The number of aryl methyl sites for hydroxylation is 3. The molecule has 0 fully saturated rings. The highest BCUT2D eigenvalue weighted by molar-refractivity contribution is 5.30. The Hall–Kier alpha value is -1.67. The Balaban J connectivity index is 2.07. The number of pyridine rings is 1. The van der Waals surface area contributed by atoms with Gasteiger partial charge in [-0.15, -0.1) is 0 Å². The molecule has 0 spiro atoms. The topological polar surface area (TPSA) is 24.9 Å². The maximum Gasteiger partial charge on any atom is 0.0320 e. The summed E-state index contributed by atoms with van der Waals surface area (Å²) >= 11 is 0. The second kappa shape index (κ2) is 6.48. The molecule has 2 heteroatoms. The first-order chi connectivity index (χ1) is 9.19. The Morgan fingerprint density at radius 3 is 2.26 bits per heavy atom. The third kappa shape index (κ3) is 3.90. The molecule has 2 aromatic rings. The van der Waals surface area contributed by atoms with Crippen LogP contribution in [-0.4, -0.2) is 12.0 Å². The molecule has 0 radical (unpaired) electrons. The minimum Gasteiger partial charge on any atom is -0.313 e. The molecule has 1 heterocycles. The molecule has 2 rings (SSSR count). The lowest BCUT2D eigenvalue weighted by atomic mass is 9.96. The van der Waals surface area contributed by atoms with Gasteiger partial charge < -0.3 is 5.32 Å². The highest BCUT2D eigenvalue weighted by Gasteiger charge is 2.10. The number of rotatable bonds is 5. The molecule has 1 atom stereocenters. The monoisotopic (exact) mass is 254 g/mol. The van der Waals surface area contributed by atoms with Gasteiger partial charge in [0.2, 0.25) is 0 Å². The number of hydrogen-bond donors (Lipinski definition) is 1. The van der Waals surface area contributed by atoms with Crippen molar-refractivity contribution in [1.29, 1.82) is 0 Å². The van der Waals surface area contributed by atoms with Gasteiger partial charge in [0.15, 0.2) is 0 Å². The maximum atomic E-state index is 4.06. The second-order valence-electron chi connectivity index (χ2n) is 5.16. The van der Waals surface area contributed by atoms with Crippen LogP contribution < -0.4 is 5.32 Å². The van der Waals surface area contributed by atoms with E-state index in [2.05, 4.69) is 54.5 Å². The van der Waals surface area contributed by atoms with Crippen LogP contribution in [0.1, 0.15) is 34.7 Å². The molecule has 0 saturated carbocycles. The van der Waals surface area contributed by atoms with Crippen LogP contribution in [0.4, 0.5) is 0 Å². The van der Waals surface area contributed by atoms with E-state index >= 15 is 0 Å². The summed E-state index contributed by atoms with van der Waals surface area (Å²) in [5.41, 5.74) is 5.40. The van der Waals surface area contributed by atoms with Gasteiger partial charge in [-0.2, -0.15) is 0 Å². The van der Waals surface area contributed by atoms with Crippen molar-refractivity contribution in [2.45, 2.75) is 32.7 Å². The predicted molar refractivity (Wildman–Crippen MR) is 80.3 cm³/mol. The van der Waals surface area contributed by atoms with Crippen LogP contribution in [0.15, 0.2) is 42.7 Å². The van der Waals surface area contributed by atoms with Gasteiger partial charge in [0, 0.05) is 18.4 Å². The highest BCUT2D eigenvalue weighted by atomic mass is 14.9. The lowest BCUT2D eigenvalue weighted by Crippen LogP contribution is -2.17. The summed E-state index contributed by atoms with van der Waals surface area (Å²) in [6.45, 7) is 4.32. The average molecular weight is 254 g/mol. The molecule has 0 bridgehead atoms. The van der Waals surface area contributed by atoms with Gasteiger partial charge in [-0.05, 0) is 57.0 Å². The van der Waals surface area contributed by atoms with Gasteiger partial charge in [0.25, 0.3) is 0 Å². The molecule has 1 aromatic heterocycles. The van der Waals surface area contributed by atoms with Crippen molar-refractivity contribution in [2.24, 2.45) is 0 Å². The molecule has 2 nitrogen and oxygen atoms in total. The third-order valence-corrected chi connectivity index (χ3v) is 3.47. The molecule has 0 aliphatic heterocycles. The van der Waals surface area contributed by atoms with E-state index in [1.807, 2.05) is 19.4 Å². The predicted octanol–water partition coefficient (Wildman–Crippen LogP) is 3.59. The largest absolute Gasteiger partial charge is 0.313 e. The first-order valence-electron chi connectivity index (χ1n) is 6.83. The van der Waals surface area contributed by atoms with E-state index in [-0.39, 0.29) is 0 Å². The van der Waals surface area contributed by atoms with E-state index in [0.29, 0.717) is 6.04 Å². The summed E-state index contributed by atoms with van der Waals surface area (Å²) in [5.74, 6) is 0. The van der Waals surface area contributed by atoms with Crippen LogP contribution in [0.3, 0.4) is 0 Å². The van der Waals surface area contributed by atoms with E-state index in [4.69, 9.17) is 0 Å². The Morgan fingerprint density at radius 2 is 1.68 bits per heavy atom.